The van der Waals surface area contributed by atoms with Gasteiger partial charge < -0.3 is 24.4 Å². The summed E-state index contributed by atoms with van der Waals surface area (Å²) in [5, 5.41) is 9.14. The number of nitrogens with zero attached hydrogens (tertiary/aromatic N) is 2. The average molecular weight is 777 g/mol. The molecule has 0 saturated carbocycles. The summed E-state index contributed by atoms with van der Waals surface area (Å²) in [6.45, 7) is 6.73. The fourth-order valence-electron chi connectivity index (χ4n) is 6.67. The van der Waals surface area contributed by atoms with Gasteiger partial charge in [-0.1, -0.05) is 141 Å². The number of amides is 1. The van der Waals surface area contributed by atoms with E-state index in [1.54, 1.807) is 4.90 Å². The molecule has 0 aromatic heterocycles. The molecule has 0 saturated heterocycles. The van der Waals surface area contributed by atoms with Gasteiger partial charge in [-0.15, -0.1) is 0 Å². The molecule has 0 aromatic rings. The molecule has 0 unspecified atom stereocenters. The first kappa shape index (κ1) is 52.8. The minimum absolute atomic E-state index is 0.0426. The molecule has 0 heterocycles. The smallest absolute Gasteiger partial charge is 0.305 e. The maximum atomic E-state index is 13.1. The SMILES string of the molecule is CCCCCCCC/C=C\CCCCCCCC(=O)OCCN(CCOC(=O)CCCCCCC/C=C\CCCCCCCC)C(=O)CCCN(C)CCO. The van der Waals surface area contributed by atoms with E-state index in [4.69, 9.17) is 14.6 Å². The second-order valence-electron chi connectivity index (χ2n) is 15.6. The number of rotatable bonds is 42. The molecule has 1 N–H and O–H groups in total. The number of hydrogen-bond donors (Lipinski definition) is 1. The Bertz CT molecular complexity index is 865. The van der Waals surface area contributed by atoms with Crippen molar-refractivity contribution >= 4 is 17.8 Å². The molecule has 0 aliphatic rings. The van der Waals surface area contributed by atoms with Gasteiger partial charge >= 0.3 is 11.9 Å². The molecule has 1 amide bonds. The fraction of sp³-hybridized carbons (Fsp3) is 0.851. The van der Waals surface area contributed by atoms with Gasteiger partial charge in [0.05, 0.1) is 19.7 Å². The van der Waals surface area contributed by atoms with Crippen LogP contribution < -0.4 is 0 Å². The zero-order chi connectivity index (χ0) is 40.3. The summed E-state index contributed by atoms with van der Waals surface area (Å²) in [4.78, 5) is 41.5. The topological polar surface area (TPSA) is 96.4 Å². The largest absolute Gasteiger partial charge is 0.464 e. The van der Waals surface area contributed by atoms with Gasteiger partial charge in [0.2, 0.25) is 5.91 Å². The first-order chi connectivity index (χ1) is 26.9. The highest BCUT2D eigenvalue weighted by Gasteiger charge is 2.16. The van der Waals surface area contributed by atoms with E-state index in [9.17, 15) is 14.4 Å². The highest BCUT2D eigenvalue weighted by molar-refractivity contribution is 5.76. The lowest BCUT2D eigenvalue weighted by atomic mass is 10.1. The van der Waals surface area contributed by atoms with E-state index in [1.165, 1.54) is 116 Å². The van der Waals surface area contributed by atoms with Crippen LogP contribution in [0.1, 0.15) is 206 Å². The number of esters is 2. The molecule has 0 fully saturated rings. The number of hydrogen-bond acceptors (Lipinski definition) is 7. The van der Waals surface area contributed by atoms with Crippen molar-refractivity contribution in [2.24, 2.45) is 0 Å². The van der Waals surface area contributed by atoms with Crippen molar-refractivity contribution in [2.45, 2.75) is 206 Å². The predicted octanol–water partition coefficient (Wildman–Crippen LogP) is 11.7. The number of carbonyl (C=O) groups excluding carboxylic acids is 3. The lowest BCUT2D eigenvalue weighted by molar-refractivity contribution is -0.147. The normalized spacial score (nSPS) is 11.7. The first-order valence-electron chi connectivity index (χ1n) is 23.1. The van der Waals surface area contributed by atoms with Crippen molar-refractivity contribution in [1.82, 2.24) is 9.80 Å². The van der Waals surface area contributed by atoms with Crippen molar-refractivity contribution in [3.63, 3.8) is 0 Å². The molecule has 0 aliphatic heterocycles. The minimum Gasteiger partial charge on any atom is -0.464 e. The summed E-state index contributed by atoms with van der Waals surface area (Å²) >= 11 is 0. The number of allylic oxidation sites excluding steroid dienone is 4. The Kier molecular flexibility index (Phi) is 41.2. The third-order valence-electron chi connectivity index (χ3n) is 10.3. The minimum atomic E-state index is -0.220. The van der Waals surface area contributed by atoms with Crippen LogP contribution in [0.25, 0.3) is 0 Å². The second kappa shape index (κ2) is 42.9. The van der Waals surface area contributed by atoms with Crippen LogP contribution in [0.5, 0.6) is 0 Å². The highest BCUT2D eigenvalue weighted by Crippen LogP contribution is 2.12. The number of aliphatic hydroxyl groups is 1. The predicted molar refractivity (Wildman–Crippen MR) is 231 cm³/mol. The van der Waals surface area contributed by atoms with E-state index >= 15 is 0 Å². The van der Waals surface area contributed by atoms with Crippen LogP contribution in [0.4, 0.5) is 0 Å². The molecule has 0 aromatic carbocycles. The second-order valence-corrected chi connectivity index (χ2v) is 15.6. The van der Waals surface area contributed by atoms with E-state index in [0.717, 1.165) is 51.4 Å². The number of likely N-dealkylation sites (N-methyl/N-ethyl adjacent to an activating group) is 1. The summed E-state index contributed by atoms with van der Waals surface area (Å²) in [6.07, 6.45) is 42.7. The average Bonchev–Trinajstić information content (AvgIpc) is 3.17. The number of carbonyl (C=O) groups is 3. The fourth-order valence-corrected chi connectivity index (χ4v) is 6.67. The molecule has 0 spiro atoms. The molecular weight excluding hydrogens is 689 g/mol. The molecule has 0 radical (unpaired) electrons. The van der Waals surface area contributed by atoms with Crippen LogP contribution in [0.2, 0.25) is 0 Å². The van der Waals surface area contributed by atoms with Gasteiger partial charge in [-0.05, 0) is 84.2 Å². The van der Waals surface area contributed by atoms with E-state index in [-0.39, 0.29) is 50.8 Å². The molecule has 0 rings (SSSR count). The van der Waals surface area contributed by atoms with Crippen LogP contribution in [-0.2, 0) is 23.9 Å². The Morgan fingerprint density at radius 3 is 1.20 bits per heavy atom. The van der Waals surface area contributed by atoms with Gasteiger partial charge in [0, 0.05) is 25.8 Å². The molecule has 322 valence electrons. The lowest BCUT2D eigenvalue weighted by Gasteiger charge is -2.23. The van der Waals surface area contributed by atoms with Crippen LogP contribution in [0.3, 0.4) is 0 Å². The number of aliphatic hydroxyl groups excluding tert-OH is 1. The van der Waals surface area contributed by atoms with Crippen molar-refractivity contribution in [3.05, 3.63) is 24.3 Å². The van der Waals surface area contributed by atoms with Gasteiger partial charge in [0.15, 0.2) is 0 Å². The Morgan fingerprint density at radius 2 is 0.818 bits per heavy atom. The molecule has 55 heavy (non-hydrogen) atoms. The Labute approximate surface area is 339 Å². The Balaban J connectivity index is 4.18. The Hall–Kier alpha value is -2.19. The highest BCUT2D eigenvalue weighted by atomic mass is 16.5. The maximum Gasteiger partial charge on any atom is 0.305 e. The monoisotopic (exact) mass is 777 g/mol. The quantitative estimate of drug-likeness (QED) is 0.0374. The zero-order valence-electron chi connectivity index (χ0n) is 36.4. The third kappa shape index (κ3) is 39.8. The van der Waals surface area contributed by atoms with Crippen LogP contribution in [0.15, 0.2) is 24.3 Å². The van der Waals surface area contributed by atoms with Crippen LogP contribution in [-0.4, -0.2) is 85.8 Å². The van der Waals surface area contributed by atoms with Gasteiger partial charge in [-0.2, -0.15) is 0 Å². The zero-order valence-corrected chi connectivity index (χ0v) is 36.4. The molecule has 0 aliphatic carbocycles. The van der Waals surface area contributed by atoms with E-state index in [0.29, 0.717) is 38.8 Å². The molecule has 8 nitrogen and oxygen atoms in total. The summed E-state index contributed by atoms with van der Waals surface area (Å²) in [5.74, 6) is -0.483. The van der Waals surface area contributed by atoms with Crippen molar-refractivity contribution < 1.29 is 29.0 Å². The molecular formula is C47H88N2O6. The maximum absolute atomic E-state index is 13.1. The standard InChI is InChI=1S/C47H88N2O6/c1-4-6-8-10-12-14-16-18-20-22-24-26-28-30-32-36-46(52)54-43-40-49(45(51)35-34-38-48(3)39-42-50)41-44-55-47(53)37-33-31-29-27-25-23-21-19-17-15-13-11-9-7-5-2/h18-21,50H,4-17,22-44H2,1-3H3/b20-18-,21-19-. The summed E-state index contributed by atoms with van der Waals surface area (Å²) in [5.41, 5.74) is 0. The van der Waals surface area contributed by atoms with Gasteiger partial charge in [0.25, 0.3) is 0 Å². The molecule has 0 bridgehead atoms. The number of unbranched alkanes of at least 4 members (excludes halogenated alkanes) is 22. The van der Waals surface area contributed by atoms with E-state index < -0.39 is 0 Å². The molecule has 0 atom stereocenters. The summed E-state index contributed by atoms with van der Waals surface area (Å²) in [7, 11) is 1.92. The first-order valence-corrected chi connectivity index (χ1v) is 23.1. The van der Waals surface area contributed by atoms with Crippen LogP contribution in [0, 0.1) is 0 Å². The Morgan fingerprint density at radius 1 is 0.455 bits per heavy atom. The van der Waals surface area contributed by atoms with Crippen LogP contribution >= 0.6 is 0 Å². The van der Waals surface area contributed by atoms with Crippen molar-refractivity contribution in [1.29, 1.82) is 0 Å². The lowest BCUT2D eigenvalue weighted by Crippen LogP contribution is -2.37. The number of ether oxygens (including phenoxy) is 2. The van der Waals surface area contributed by atoms with E-state index in [1.807, 2.05) is 11.9 Å². The van der Waals surface area contributed by atoms with Gasteiger partial charge in [0.1, 0.15) is 13.2 Å². The van der Waals surface area contributed by atoms with Crippen molar-refractivity contribution in [2.75, 3.05) is 53.0 Å². The summed E-state index contributed by atoms with van der Waals surface area (Å²) in [6, 6.07) is 0. The van der Waals surface area contributed by atoms with Gasteiger partial charge in [-0.3, -0.25) is 14.4 Å². The van der Waals surface area contributed by atoms with Gasteiger partial charge in [-0.25, -0.2) is 0 Å². The third-order valence-corrected chi connectivity index (χ3v) is 10.3. The summed E-state index contributed by atoms with van der Waals surface area (Å²) < 4.78 is 11.0. The molecule has 8 heteroatoms. The van der Waals surface area contributed by atoms with Crippen molar-refractivity contribution in [3.8, 4) is 0 Å². The van der Waals surface area contributed by atoms with E-state index in [2.05, 4.69) is 38.2 Å².